The lowest BCUT2D eigenvalue weighted by molar-refractivity contribution is -0.132. The number of amides is 1. The fourth-order valence-corrected chi connectivity index (χ4v) is 4.22. The van der Waals surface area contributed by atoms with Crippen molar-refractivity contribution in [2.24, 2.45) is 0 Å². The van der Waals surface area contributed by atoms with Crippen LogP contribution in [-0.2, 0) is 11.2 Å². The average Bonchev–Trinajstić information content (AvgIpc) is 3.25. The smallest absolute Gasteiger partial charge is 0.274 e. The van der Waals surface area contributed by atoms with E-state index >= 15 is 0 Å². The molecule has 0 aliphatic carbocycles. The van der Waals surface area contributed by atoms with Gasteiger partial charge in [0.2, 0.25) is 5.91 Å². The Morgan fingerprint density at radius 1 is 1.03 bits per heavy atom. The minimum atomic E-state index is -0.167. The van der Waals surface area contributed by atoms with Crippen LogP contribution in [0.25, 0.3) is 27.9 Å². The van der Waals surface area contributed by atoms with Gasteiger partial charge in [0.05, 0.1) is 17.2 Å². The molecule has 31 heavy (non-hydrogen) atoms. The second kappa shape index (κ2) is 8.00. The van der Waals surface area contributed by atoms with E-state index in [1.54, 1.807) is 6.20 Å². The molecular weight excluding hydrogens is 390 g/mol. The Labute approximate surface area is 179 Å². The molecule has 0 atom stereocenters. The van der Waals surface area contributed by atoms with Crippen LogP contribution in [0.5, 0.6) is 0 Å². The number of fused-ring (bicyclic) bond motifs is 3. The molecule has 0 unspecified atom stereocenters. The first-order valence-corrected chi connectivity index (χ1v) is 10.6. The summed E-state index contributed by atoms with van der Waals surface area (Å²) in [4.78, 5) is 36.9. The lowest BCUT2D eigenvalue weighted by atomic mass is 10.1. The van der Waals surface area contributed by atoms with Crippen molar-refractivity contribution in [2.45, 2.75) is 12.8 Å². The van der Waals surface area contributed by atoms with Crippen LogP contribution in [0.4, 0.5) is 0 Å². The van der Waals surface area contributed by atoms with E-state index in [9.17, 15) is 9.59 Å². The number of carbonyl (C=O) groups excluding carboxylic acids is 1. The van der Waals surface area contributed by atoms with Crippen molar-refractivity contribution in [3.63, 3.8) is 0 Å². The number of aryl methyl sites for hydroxylation is 1. The summed E-state index contributed by atoms with van der Waals surface area (Å²) in [6, 6.07) is 15.8. The standard InChI is InChI=1S/C24H25N5O2/c1-27-11-13-28(14-12-27)22(30)10-8-17-7-9-19-20(15-17)29-21(24(31)26-19)16-25-23(29)18-5-3-2-4-6-18/h2-7,9,15-16H,8,10-14H2,1H3,(H,26,31). The van der Waals surface area contributed by atoms with Crippen molar-refractivity contribution in [1.82, 2.24) is 24.2 Å². The molecule has 1 saturated heterocycles. The highest BCUT2D eigenvalue weighted by molar-refractivity contribution is 5.82. The van der Waals surface area contributed by atoms with E-state index in [1.165, 1.54) is 0 Å². The molecule has 7 nitrogen and oxygen atoms in total. The zero-order chi connectivity index (χ0) is 21.4. The van der Waals surface area contributed by atoms with Crippen LogP contribution in [-0.4, -0.2) is 63.3 Å². The van der Waals surface area contributed by atoms with Crippen LogP contribution in [0, 0.1) is 0 Å². The summed E-state index contributed by atoms with van der Waals surface area (Å²) in [5.74, 6) is 0.935. The average molecular weight is 415 g/mol. The fraction of sp³-hybridized carbons (Fsp3) is 0.292. The molecule has 0 radical (unpaired) electrons. The Kier molecular flexibility index (Phi) is 5.03. The molecule has 0 saturated carbocycles. The van der Waals surface area contributed by atoms with Crippen LogP contribution in [0.15, 0.2) is 59.5 Å². The van der Waals surface area contributed by atoms with Gasteiger partial charge in [0, 0.05) is 38.2 Å². The van der Waals surface area contributed by atoms with Crippen LogP contribution < -0.4 is 5.56 Å². The highest BCUT2D eigenvalue weighted by Crippen LogP contribution is 2.23. The first-order chi connectivity index (χ1) is 15.1. The molecule has 5 rings (SSSR count). The van der Waals surface area contributed by atoms with Crippen LogP contribution in [0.3, 0.4) is 0 Å². The predicted molar refractivity (Wildman–Crippen MR) is 121 cm³/mol. The molecular formula is C24H25N5O2. The third kappa shape index (κ3) is 3.72. The molecule has 4 aromatic rings. The normalized spacial score (nSPS) is 15.1. The number of nitrogens with one attached hydrogen (secondary N) is 1. The minimum absolute atomic E-state index is 0.167. The number of likely N-dealkylation sites (N-methyl/N-ethyl adjacent to an activating group) is 1. The van der Waals surface area contributed by atoms with Gasteiger partial charge in [-0.1, -0.05) is 36.4 Å². The maximum atomic E-state index is 12.6. The van der Waals surface area contributed by atoms with Crippen LogP contribution in [0.1, 0.15) is 12.0 Å². The number of aromatic nitrogens is 3. The molecule has 7 heteroatoms. The highest BCUT2D eigenvalue weighted by Gasteiger charge is 2.19. The minimum Gasteiger partial charge on any atom is -0.340 e. The third-order valence-corrected chi connectivity index (χ3v) is 6.06. The second-order valence-electron chi connectivity index (χ2n) is 8.16. The van der Waals surface area contributed by atoms with Gasteiger partial charge in [-0.3, -0.25) is 14.0 Å². The number of carbonyl (C=O) groups is 1. The van der Waals surface area contributed by atoms with E-state index in [0.29, 0.717) is 18.4 Å². The molecule has 158 valence electrons. The topological polar surface area (TPSA) is 73.7 Å². The summed E-state index contributed by atoms with van der Waals surface area (Å²) < 4.78 is 1.91. The summed E-state index contributed by atoms with van der Waals surface area (Å²) >= 11 is 0. The van der Waals surface area contributed by atoms with Crippen LogP contribution in [0.2, 0.25) is 0 Å². The van der Waals surface area contributed by atoms with Crippen molar-refractivity contribution in [3.8, 4) is 11.4 Å². The van der Waals surface area contributed by atoms with Crippen molar-refractivity contribution in [1.29, 1.82) is 0 Å². The van der Waals surface area contributed by atoms with Gasteiger partial charge in [0.25, 0.3) is 5.56 Å². The highest BCUT2D eigenvalue weighted by atomic mass is 16.2. The van der Waals surface area contributed by atoms with Gasteiger partial charge in [0.1, 0.15) is 11.3 Å². The van der Waals surface area contributed by atoms with Gasteiger partial charge >= 0.3 is 0 Å². The number of hydrogen-bond donors (Lipinski definition) is 1. The first-order valence-electron chi connectivity index (χ1n) is 10.6. The molecule has 1 N–H and O–H groups in total. The second-order valence-corrected chi connectivity index (χ2v) is 8.16. The maximum absolute atomic E-state index is 12.6. The number of H-pyrrole nitrogens is 1. The van der Waals surface area contributed by atoms with E-state index in [4.69, 9.17) is 0 Å². The monoisotopic (exact) mass is 415 g/mol. The van der Waals surface area contributed by atoms with E-state index in [-0.39, 0.29) is 11.5 Å². The third-order valence-electron chi connectivity index (χ3n) is 6.06. The molecule has 0 bridgehead atoms. The van der Waals surface area contributed by atoms with Crippen molar-refractivity contribution >= 4 is 22.5 Å². The zero-order valence-electron chi connectivity index (χ0n) is 17.5. The SMILES string of the molecule is CN1CCN(C(=O)CCc2ccc3[nH]c(=O)c4cnc(-c5ccccc5)n4c3c2)CC1. The first kappa shape index (κ1) is 19.5. The van der Waals surface area contributed by atoms with Gasteiger partial charge in [-0.25, -0.2) is 4.98 Å². The van der Waals surface area contributed by atoms with Crippen molar-refractivity contribution < 1.29 is 4.79 Å². The van der Waals surface area contributed by atoms with E-state index in [0.717, 1.165) is 54.2 Å². The van der Waals surface area contributed by atoms with Gasteiger partial charge in [-0.2, -0.15) is 0 Å². The summed E-state index contributed by atoms with van der Waals surface area (Å²) in [6.07, 6.45) is 2.76. The zero-order valence-corrected chi connectivity index (χ0v) is 17.5. The van der Waals surface area contributed by atoms with Crippen LogP contribution >= 0.6 is 0 Å². The number of rotatable bonds is 4. The van der Waals surface area contributed by atoms with Gasteiger partial charge in [0.15, 0.2) is 0 Å². The number of hydrogen-bond acceptors (Lipinski definition) is 4. The summed E-state index contributed by atoms with van der Waals surface area (Å²) in [5.41, 5.74) is 4.00. The van der Waals surface area contributed by atoms with Crippen molar-refractivity contribution in [3.05, 3.63) is 70.6 Å². The van der Waals surface area contributed by atoms with Gasteiger partial charge in [-0.05, 0) is 31.2 Å². The molecule has 1 aliphatic rings. The van der Waals surface area contributed by atoms with Crippen molar-refractivity contribution in [2.75, 3.05) is 33.2 Å². The molecule has 0 spiro atoms. The maximum Gasteiger partial charge on any atom is 0.274 e. The molecule has 3 heterocycles. The summed E-state index contributed by atoms with van der Waals surface area (Å²) in [7, 11) is 2.09. The van der Waals surface area contributed by atoms with E-state index < -0.39 is 0 Å². The molecule has 1 fully saturated rings. The predicted octanol–water partition coefficient (Wildman–Crippen LogP) is 2.55. The van der Waals surface area contributed by atoms with E-state index in [2.05, 4.69) is 28.0 Å². The Morgan fingerprint density at radius 3 is 2.58 bits per heavy atom. The number of piperazine rings is 1. The van der Waals surface area contributed by atoms with Gasteiger partial charge in [-0.15, -0.1) is 0 Å². The summed E-state index contributed by atoms with van der Waals surface area (Å²) in [6.45, 7) is 3.45. The molecule has 2 aromatic heterocycles. The Bertz CT molecular complexity index is 1300. The fourth-order valence-electron chi connectivity index (χ4n) is 4.22. The van der Waals surface area contributed by atoms with Gasteiger partial charge < -0.3 is 14.8 Å². The Balaban J connectivity index is 1.48. The molecule has 2 aromatic carbocycles. The largest absolute Gasteiger partial charge is 0.340 e. The molecule has 1 amide bonds. The lowest BCUT2D eigenvalue weighted by Gasteiger charge is -2.32. The number of imidazole rings is 1. The number of aromatic amines is 1. The quantitative estimate of drug-likeness (QED) is 0.556. The number of nitrogens with zero attached hydrogens (tertiary/aromatic N) is 4. The lowest BCUT2D eigenvalue weighted by Crippen LogP contribution is -2.47. The number of benzene rings is 2. The molecule has 1 aliphatic heterocycles. The van der Waals surface area contributed by atoms with E-state index in [1.807, 2.05) is 51.8 Å². The summed E-state index contributed by atoms with van der Waals surface area (Å²) in [5, 5.41) is 0. The Morgan fingerprint density at radius 2 is 1.81 bits per heavy atom. The Hall–Kier alpha value is -3.45.